The van der Waals surface area contributed by atoms with Crippen molar-refractivity contribution in [1.29, 1.82) is 0 Å². The van der Waals surface area contributed by atoms with Crippen LogP contribution in [0.2, 0.25) is 0 Å². The molecule has 18 heteroatoms. The number of rotatable bonds is 10. The molecule has 3 saturated carbocycles. The molecule has 0 amide bonds. The number of hydrogen-bond acceptors (Lipinski definition) is 18. The summed E-state index contributed by atoms with van der Waals surface area (Å²) >= 11 is 0. The second-order valence-electron chi connectivity index (χ2n) is 18.1. The molecular formula is C39H62O18. The minimum Gasteiger partial charge on any atom is -0.394 e. The van der Waals surface area contributed by atoms with E-state index in [1.165, 1.54) is 5.57 Å². The van der Waals surface area contributed by atoms with Gasteiger partial charge in [0.1, 0.15) is 79.0 Å². The third kappa shape index (κ3) is 7.79. The molecule has 7 aliphatic rings. The molecule has 57 heavy (non-hydrogen) atoms. The number of hydrogen-bond donors (Lipinski definition) is 11. The highest BCUT2D eigenvalue weighted by atomic mass is 16.7. The molecule has 18 nitrogen and oxygen atoms in total. The van der Waals surface area contributed by atoms with Gasteiger partial charge in [-0.1, -0.05) is 25.5 Å². The zero-order chi connectivity index (χ0) is 41.3. The molecule has 0 aromatic carbocycles. The summed E-state index contributed by atoms with van der Waals surface area (Å²) in [6, 6.07) is 0. The maximum absolute atomic E-state index is 13.4. The van der Waals surface area contributed by atoms with Crippen molar-refractivity contribution in [2.45, 2.75) is 170 Å². The summed E-state index contributed by atoms with van der Waals surface area (Å²) in [5, 5.41) is 115. The molecule has 0 aromatic heterocycles. The van der Waals surface area contributed by atoms with E-state index in [-0.39, 0.29) is 29.1 Å². The molecule has 3 heterocycles. The highest BCUT2D eigenvalue weighted by molar-refractivity contribution is 5.80. The largest absolute Gasteiger partial charge is 0.394 e. The first kappa shape index (κ1) is 43.8. The van der Waals surface area contributed by atoms with Crippen LogP contribution in [0.3, 0.4) is 0 Å². The fourth-order valence-corrected chi connectivity index (χ4v) is 11.6. The lowest BCUT2D eigenvalue weighted by Gasteiger charge is -2.57. The molecule has 3 aliphatic heterocycles. The van der Waals surface area contributed by atoms with E-state index in [2.05, 4.69) is 19.9 Å². The summed E-state index contributed by atoms with van der Waals surface area (Å²) in [7, 11) is 0. The van der Waals surface area contributed by atoms with Crippen LogP contribution in [0.15, 0.2) is 11.6 Å². The van der Waals surface area contributed by atoms with Crippen LogP contribution >= 0.6 is 0 Å². The van der Waals surface area contributed by atoms with E-state index in [0.717, 1.165) is 32.1 Å². The smallest absolute Gasteiger partial charge is 0.186 e. The van der Waals surface area contributed by atoms with E-state index in [1.54, 1.807) is 6.92 Å². The normalized spacial score (nSPS) is 54.0. The van der Waals surface area contributed by atoms with Crippen LogP contribution in [-0.2, 0) is 33.2 Å². The molecule has 23 atom stereocenters. The lowest BCUT2D eigenvalue weighted by atomic mass is 9.47. The molecule has 326 valence electrons. The zero-order valence-corrected chi connectivity index (χ0v) is 32.5. The first-order chi connectivity index (χ1) is 26.9. The van der Waals surface area contributed by atoms with Crippen LogP contribution < -0.4 is 0 Å². The number of ketones is 1. The standard InChI is InChI=1S/C39H62O18/c1-15(41)25-21(11-20-18-5-4-16-10-17(42)6-8-38(16,2)19(18)7-9-39(20,25)3)54-37-34(51)31(48)28(45)24(57-37)14-53-36-33(50)30(47)27(44)23(56-36)13-52-35-32(49)29(46)26(43)22(12-40)55-35/h4,17-37,40,42-51H,5-14H2,1-3H3/t17-,18+,19-,20-,21+,22+,23+,24+,25-,26+,27+,28+,29-,30-,31-,32+,33+,34+,35+,36+,37+,38-,39-/m0/s1. The lowest BCUT2D eigenvalue weighted by Crippen LogP contribution is -2.63. The average Bonchev–Trinajstić information content (AvgIpc) is 3.48. The van der Waals surface area contributed by atoms with Crippen LogP contribution in [0.25, 0.3) is 0 Å². The maximum Gasteiger partial charge on any atom is 0.186 e. The summed E-state index contributed by atoms with van der Waals surface area (Å²) in [5.74, 6) is 0.223. The van der Waals surface area contributed by atoms with E-state index in [9.17, 15) is 61.0 Å². The van der Waals surface area contributed by atoms with Crippen LogP contribution in [0, 0.1) is 34.5 Å². The quantitative estimate of drug-likeness (QED) is 0.0977. The number of carbonyl (C=O) groups is 1. The topological polar surface area (TPSA) is 295 Å². The summed E-state index contributed by atoms with van der Waals surface area (Å²) in [5.41, 5.74) is 0.913. The predicted octanol–water partition coefficient (Wildman–Crippen LogP) is -3.04. The maximum atomic E-state index is 13.4. The van der Waals surface area contributed by atoms with Gasteiger partial charge in [-0.15, -0.1) is 0 Å². The van der Waals surface area contributed by atoms with Crippen molar-refractivity contribution in [3.8, 4) is 0 Å². The number of carbonyl (C=O) groups excluding carboxylic acids is 1. The van der Waals surface area contributed by atoms with E-state index in [0.29, 0.717) is 18.8 Å². The third-order valence-electron chi connectivity index (χ3n) is 14.9. The lowest BCUT2D eigenvalue weighted by molar-refractivity contribution is -0.345. The zero-order valence-electron chi connectivity index (χ0n) is 32.5. The van der Waals surface area contributed by atoms with Crippen molar-refractivity contribution in [2.75, 3.05) is 19.8 Å². The number of ether oxygens (including phenoxy) is 6. The Balaban J connectivity index is 1.01. The molecule has 11 N–H and O–H groups in total. The predicted molar refractivity (Wildman–Crippen MR) is 191 cm³/mol. The first-order valence-electron chi connectivity index (χ1n) is 20.4. The molecule has 0 aromatic rings. The Kier molecular flexibility index (Phi) is 13.0. The van der Waals surface area contributed by atoms with Crippen LogP contribution in [0.5, 0.6) is 0 Å². The van der Waals surface area contributed by atoms with Crippen LogP contribution in [-0.4, -0.2) is 186 Å². The highest BCUT2D eigenvalue weighted by Crippen LogP contribution is 2.66. The minimum atomic E-state index is -1.83. The number of allylic oxidation sites excluding steroid dienone is 1. The second kappa shape index (κ2) is 16.9. The highest BCUT2D eigenvalue weighted by Gasteiger charge is 2.63. The number of aliphatic hydroxyl groups excluding tert-OH is 11. The fourth-order valence-electron chi connectivity index (χ4n) is 11.6. The van der Waals surface area contributed by atoms with E-state index < -0.39 is 129 Å². The Morgan fingerprint density at radius 2 is 1.23 bits per heavy atom. The fraction of sp³-hybridized carbons (Fsp3) is 0.923. The third-order valence-corrected chi connectivity index (χ3v) is 14.9. The number of aliphatic hydroxyl groups is 11. The van der Waals surface area contributed by atoms with Gasteiger partial charge in [0.2, 0.25) is 0 Å². The monoisotopic (exact) mass is 818 g/mol. The number of Topliss-reactive ketones (excluding diaryl/α,β-unsaturated/α-hetero) is 1. The van der Waals surface area contributed by atoms with Crippen molar-refractivity contribution in [3.05, 3.63) is 11.6 Å². The van der Waals surface area contributed by atoms with Gasteiger partial charge in [0.05, 0.1) is 32.0 Å². The second-order valence-corrected chi connectivity index (χ2v) is 18.1. The Bertz CT molecular complexity index is 1450. The summed E-state index contributed by atoms with van der Waals surface area (Å²) in [6.45, 7) is 4.14. The molecule has 3 saturated heterocycles. The molecule has 0 bridgehead atoms. The summed E-state index contributed by atoms with van der Waals surface area (Å²) < 4.78 is 34.6. The minimum absolute atomic E-state index is 0.0224. The van der Waals surface area contributed by atoms with Crippen molar-refractivity contribution < 1.29 is 89.4 Å². The molecule has 7 rings (SSSR count). The van der Waals surface area contributed by atoms with Crippen molar-refractivity contribution in [1.82, 2.24) is 0 Å². The first-order valence-corrected chi connectivity index (χ1v) is 20.4. The molecule has 4 aliphatic carbocycles. The van der Waals surface area contributed by atoms with Gasteiger partial charge in [-0.25, -0.2) is 0 Å². The molecule has 0 spiro atoms. The van der Waals surface area contributed by atoms with Crippen LogP contribution in [0.1, 0.15) is 65.7 Å². The van der Waals surface area contributed by atoms with Gasteiger partial charge >= 0.3 is 0 Å². The van der Waals surface area contributed by atoms with Crippen molar-refractivity contribution in [3.63, 3.8) is 0 Å². The van der Waals surface area contributed by atoms with Gasteiger partial charge in [-0.2, -0.15) is 0 Å². The Morgan fingerprint density at radius 3 is 1.79 bits per heavy atom. The molecule has 0 unspecified atom stereocenters. The van der Waals surface area contributed by atoms with Crippen LogP contribution in [0.4, 0.5) is 0 Å². The SMILES string of the molecule is CC(=O)[C@H]1[C@H](O[C@@H]2O[C@H](CO[C@@H]3O[C@H](CO[C@@H]4O[C@H](CO)[C@@H](O)[C@H](O)[C@H]4O)[C@@H](O)[C@H](O)[C@H]3O)[C@@H](O)[C@H](O)[C@H]2O)C[C@H]2[C@@H]3CC=C4C[C@@H](O)CC[C@]4(C)[C@H]3CC[C@@]21C. The summed E-state index contributed by atoms with van der Waals surface area (Å²) in [4.78, 5) is 13.4. The van der Waals surface area contributed by atoms with Gasteiger partial charge in [0, 0.05) is 5.92 Å². The Labute approximate surface area is 330 Å². The van der Waals surface area contributed by atoms with Gasteiger partial charge < -0.3 is 84.6 Å². The molecule has 0 radical (unpaired) electrons. The average molecular weight is 819 g/mol. The van der Waals surface area contributed by atoms with Gasteiger partial charge in [-0.3, -0.25) is 4.79 Å². The number of fused-ring (bicyclic) bond motifs is 5. The van der Waals surface area contributed by atoms with E-state index in [4.69, 9.17) is 28.4 Å². The van der Waals surface area contributed by atoms with E-state index in [1.807, 2.05) is 0 Å². The van der Waals surface area contributed by atoms with E-state index >= 15 is 0 Å². The molecule has 6 fully saturated rings. The Hall–Kier alpha value is -1.27. The van der Waals surface area contributed by atoms with Gasteiger partial charge in [-0.05, 0) is 80.5 Å². The Morgan fingerprint density at radius 1 is 0.702 bits per heavy atom. The summed E-state index contributed by atoms with van der Waals surface area (Å²) in [6.07, 6.45) is -17.6. The van der Waals surface area contributed by atoms with Gasteiger partial charge in [0.15, 0.2) is 18.9 Å². The van der Waals surface area contributed by atoms with Gasteiger partial charge in [0.25, 0.3) is 0 Å². The van der Waals surface area contributed by atoms with Crippen molar-refractivity contribution in [2.24, 2.45) is 34.5 Å². The molecular weight excluding hydrogens is 756 g/mol. The van der Waals surface area contributed by atoms with Crippen molar-refractivity contribution >= 4 is 5.78 Å².